The predicted molar refractivity (Wildman–Crippen MR) is 76.1 cm³/mol. The molecule has 102 valence electrons. The molecule has 7 heteroatoms. The van der Waals surface area contributed by atoms with E-state index in [1.54, 1.807) is 31.2 Å². The fraction of sp³-hybridized carbons (Fsp3) is 0.250. The van der Waals surface area contributed by atoms with Gasteiger partial charge in [0, 0.05) is 10.6 Å². The van der Waals surface area contributed by atoms with Gasteiger partial charge in [0.15, 0.2) is 5.11 Å². The van der Waals surface area contributed by atoms with Crippen LogP contribution in [-0.4, -0.2) is 30.1 Å². The molecule has 1 unspecified atom stereocenters. The summed E-state index contributed by atoms with van der Waals surface area (Å²) in [7, 11) is 1.27. The maximum Gasteiger partial charge on any atom is 0.328 e. The maximum absolute atomic E-state index is 11.8. The van der Waals surface area contributed by atoms with Gasteiger partial charge in [0.25, 0.3) is 5.91 Å². The lowest BCUT2D eigenvalue weighted by atomic mass is 10.2. The van der Waals surface area contributed by atoms with Crippen LogP contribution in [0.1, 0.15) is 17.3 Å². The van der Waals surface area contributed by atoms with Gasteiger partial charge in [-0.05, 0) is 43.4 Å². The summed E-state index contributed by atoms with van der Waals surface area (Å²) in [5.41, 5.74) is 0.416. The van der Waals surface area contributed by atoms with Gasteiger partial charge in [-0.3, -0.25) is 10.1 Å². The number of hydrogen-bond acceptors (Lipinski definition) is 4. The molecule has 0 saturated heterocycles. The molecule has 1 amide bonds. The highest BCUT2D eigenvalue weighted by atomic mass is 35.5. The van der Waals surface area contributed by atoms with Crippen molar-refractivity contribution in [3.63, 3.8) is 0 Å². The summed E-state index contributed by atoms with van der Waals surface area (Å²) >= 11 is 10.6. The van der Waals surface area contributed by atoms with Gasteiger partial charge in [0.2, 0.25) is 0 Å². The first kappa shape index (κ1) is 15.4. The fourth-order valence-corrected chi connectivity index (χ4v) is 1.64. The van der Waals surface area contributed by atoms with Crippen LogP contribution in [0.25, 0.3) is 0 Å². The minimum Gasteiger partial charge on any atom is -0.467 e. The fourth-order valence-electron chi connectivity index (χ4n) is 1.24. The second-order valence-electron chi connectivity index (χ2n) is 3.68. The number of amides is 1. The van der Waals surface area contributed by atoms with Crippen LogP contribution in [0.4, 0.5) is 0 Å². The molecule has 1 rings (SSSR count). The van der Waals surface area contributed by atoms with Gasteiger partial charge >= 0.3 is 5.97 Å². The average molecular weight is 301 g/mol. The molecule has 0 bridgehead atoms. The second kappa shape index (κ2) is 7.06. The molecular weight excluding hydrogens is 288 g/mol. The lowest BCUT2D eigenvalue weighted by molar-refractivity contribution is -0.142. The Morgan fingerprint density at radius 1 is 1.32 bits per heavy atom. The molecule has 0 saturated carbocycles. The summed E-state index contributed by atoms with van der Waals surface area (Å²) in [6.45, 7) is 1.58. The smallest absolute Gasteiger partial charge is 0.328 e. The van der Waals surface area contributed by atoms with Crippen molar-refractivity contribution in [2.75, 3.05) is 7.11 Å². The number of carbonyl (C=O) groups is 2. The zero-order valence-corrected chi connectivity index (χ0v) is 12.0. The van der Waals surface area contributed by atoms with Crippen molar-refractivity contribution in [2.24, 2.45) is 0 Å². The molecule has 2 N–H and O–H groups in total. The van der Waals surface area contributed by atoms with E-state index in [0.717, 1.165) is 0 Å². The highest BCUT2D eigenvalue weighted by Gasteiger charge is 2.15. The third kappa shape index (κ3) is 4.84. The van der Waals surface area contributed by atoms with Crippen LogP contribution in [0, 0.1) is 0 Å². The monoisotopic (exact) mass is 300 g/mol. The SMILES string of the molecule is COC(=O)C(C)NC(=S)NC(=O)c1ccc(Cl)cc1. The first-order chi connectivity index (χ1) is 8.93. The number of methoxy groups -OCH3 is 1. The van der Waals surface area contributed by atoms with E-state index < -0.39 is 12.0 Å². The molecular formula is C12H13ClN2O3S. The van der Waals surface area contributed by atoms with E-state index in [4.69, 9.17) is 23.8 Å². The molecule has 1 aromatic carbocycles. The topological polar surface area (TPSA) is 67.4 Å². The standard InChI is InChI=1S/C12H13ClN2O3S/c1-7(11(17)18-2)14-12(19)15-10(16)8-3-5-9(13)6-4-8/h3-7H,1-2H3,(H2,14,15,16,19). The molecule has 0 fully saturated rings. The van der Waals surface area contributed by atoms with E-state index in [1.807, 2.05) is 0 Å². The number of carbonyl (C=O) groups excluding carboxylic acids is 2. The Morgan fingerprint density at radius 3 is 2.42 bits per heavy atom. The summed E-state index contributed by atoms with van der Waals surface area (Å²) in [6, 6.07) is 5.71. The van der Waals surface area contributed by atoms with Gasteiger partial charge in [-0.25, -0.2) is 4.79 Å². The third-order valence-corrected chi connectivity index (χ3v) is 2.71. The van der Waals surface area contributed by atoms with Crippen molar-refractivity contribution in [1.82, 2.24) is 10.6 Å². The number of nitrogens with one attached hydrogen (secondary N) is 2. The van der Waals surface area contributed by atoms with Gasteiger partial charge < -0.3 is 10.1 Å². The number of benzene rings is 1. The Labute approximate surface area is 121 Å². The van der Waals surface area contributed by atoms with E-state index in [2.05, 4.69) is 15.4 Å². The quantitative estimate of drug-likeness (QED) is 0.654. The second-order valence-corrected chi connectivity index (χ2v) is 4.52. The third-order valence-electron chi connectivity index (χ3n) is 2.24. The van der Waals surface area contributed by atoms with E-state index in [1.165, 1.54) is 7.11 Å². The summed E-state index contributed by atoms with van der Waals surface area (Å²) in [4.78, 5) is 23.0. The van der Waals surface area contributed by atoms with Gasteiger partial charge in [0.1, 0.15) is 6.04 Å². The van der Waals surface area contributed by atoms with Crippen molar-refractivity contribution in [1.29, 1.82) is 0 Å². The first-order valence-electron chi connectivity index (χ1n) is 5.39. The number of esters is 1. The maximum atomic E-state index is 11.8. The van der Waals surface area contributed by atoms with Crippen molar-refractivity contribution < 1.29 is 14.3 Å². The Kier molecular flexibility index (Phi) is 5.72. The molecule has 0 heterocycles. The van der Waals surface area contributed by atoms with Crippen molar-refractivity contribution in [2.45, 2.75) is 13.0 Å². The van der Waals surface area contributed by atoms with Gasteiger partial charge in [0.05, 0.1) is 7.11 Å². The highest BCUT2D eigenvalue weighted by Crippen LogP contribution is 2.09. The van der Waals surface area contributed by atoms with E-state index >= 15 is 0 Å². The number of ether oxygens (including phenoxy) is 1. The predicted octanol–water partition coefficient (Wildman–Crippen LogP) is 1.51. The van der Waals surface area contributed by atoms with Crippen LogP contribution >= 0.6 is 23.8 Å². The van der Waals surface area contributed by atoms with Crippen molar-refractivity contribution in [3.05, 3.63) is 34.9 Å². The molecule has 19 heavy (non-hydrogen) atoms. The van der Waals surface area contributed by atoms with Gasteiger partial charge in [-0.1, -0.05) is 11.6 Å². The Morgan fingerprint density at radius 2 is 1.89 bits per heavy atom. The molecule has 0 aliphatic carbocycles. The van der Waals surface area contributed by atoms with E-state index in [-0.39, 0.29) is 11.0 Å². The Hall–Kier alpha value is -1.66. The Bertz CT molecular complexity index is 490. The molecule has 0 aliphatic rings. The summed E-state index contributed by atoms with van der Waals surface area (Å²) < 4.78 is 4.53. The molecule has 1 atom stereocenters. The first-order valence-corrected chi connectivity index (χ1v) is 6.18. The average Bonchev–Trinajstić information content (AvgIpc) is 2.38. The zero-order chi connectivity index (χ0) is 14.4. The normalized spacial score (nSPS) is 11.3. The largest absolute Gasteiger partial charge is 0.467 e. The molecule has 5 nitrogen and oxygen atoms in total. The number of hydrogen-bond donors (Lipinski definition) is 2. The number of rotatable bonds is 3. The molecule has 0 aromatic heterocycles. The number of halogens is 1. The van der Waals surface area contributed by atoms with Gasteiger partial charge in [-0.15, -0.1) is 0 Å². The van der Waals surface area contributed by atoms with Crippen LogP contribution in [0.2, 0.25) is 5.02 Å². The minimum absolute atomic E-state index is 0.0536. The minimum atomic E-state index is -0.636. The van der Waals surface area contributed by atoms with Crippen LogP contribution in [0.5, 0.6) is 0 Å². The molecule has 0 spiro atoms. The van der Waals surface area contributed by atoms with Gasteiger partial charge in [-0.2, -0.15) is 0 Å². The van der Waals surface area contributed by atoms with Crippen LogP contribution < -0.4 is 10.6 Å². The Balaban J connectivity index is 2.55. The van der Waals surface area contributed by atoms with Crippen LogP contribution in [0.3, 0.4) is 0 Å². The van der Waals surface area contributed by atoms with E-state index in [9.17, 15) is 9.59 Å². The molecule has 0 radical (unpaired) electrons. The van der Waals surface area contributed by atoms with E-state index in [0.29, 0.717) is 10.6 Å². The summed E-state index contributed by atoms with van der Waals surface area (Å²) in [5.74, 6) is -0.852. The number of thiocarbonyl (C=S) groups is 1. The van der Waals surface area contributed by atoms with Crippen LogP contribution in [0.15, 0.2) is 24.3 Å². The lowest BCUT2D eigenvalue weighted by Crippen LogP contribution is -2.46. The molecule has 1 aromatic rings. The molecule has 0 aliphatic heterocycles. The summed E-state index contributed by atoms with van der Waals surface area (Å²) in [6.07, 6.45) is 0. The van der Waals surface area contributed by atoms with Crippen molar-refractivity contribution >= 4 is 40.8 Å². The lowest BCUT2D eigenvalue weighted by Gasteiger charge is -2.14. The highest BCUT2D eigenvalue weighted by molar-refractivity contribution is 7.80. The summed E-state index contributed by atoms with van der Waals surface area (Å²) in [5, 5.41) is 5.69. The van der Waals surface area contributed by atoms with Crippen molar-refractivity contribution in [3.8, 4) is 0 Å². The zero-order valence-electron chi connectivity index (χ0n) is 10.4. The van der Waals surface area contributed by atoms with Crippen LogP contribution in [-0.2, 0) is 9.53 Å².